The van der Waals surface area contributed by atoms with Gasteiger partial charge in [-0.1, -0.05) is 37.3 Å². The third-order valence-corrected chi connectivity index (χ3v) is 10.1. The van der Waals surface area contributed by atoms with Crippen molar-refractivity contribution in [1.29, 1.82) is 0 Å². The zero-order chi connectivity index (χ0) is 32.3. The molecule has 1 heterocycles. The second-order valence-electron chi connectivity index (χ2n) is 11.6. The minimum absolute atomic E-state index is 0.0656. The van der Waals surface area contributed by atoms with Crippen molar-refractivity contribution >= 4 is 52.0 Å². The molecular weight excluding hydrogens is 595 g/mol. The number of amides is 1. The Kier molecular flexibility index (Phi) is 9.30. The average molecular weight is 631 g/mol. The van der Waals surface area contributed by atoms with Crippen molar-refractivity contribution in [3.63, 3.8) is 0 Å². The molecule has 3 aromatic carbocycles. The normalized spacial score (nSPS) is 14.6. The Labute approximate surface area is 262 Å². The van der Waals surface area contributed by atoms with Crippen LogP contribution in [-0.2, 0) is 25.9 Å². The number of carbonyl (C=O) groups is 2. The monoisotopic (exact) mass is 630 g/mol. The van der Waals surface area contributed by atoms with Crippen molar-refractivity contribution in [1.82, 2.24) is 9.79 Å². The summed E-state index contributed by atoms with van der Waals surface area (Å²) < 4.78 is 31.2. The maximum absolute atomic E-state index is 12.9. The molecule has 0 radical (unpaired) electrons. The topological polar surface area (TPSA) is 158 Å². The molecule has 4 N–H and O–H groups in total. The summed E-state index contributed by atoms with van der Waals surface area (Å²) in [6.07, 6.45) is 2.23. The van der Waals surface area contributed by atoms with E-state index < -0.39 is 27.9 Å². The lowest BCUT2D eigenvalue weighted by molar-refractivity contribution is -0.138. The second kappa shape index (κ2) is 13.2. The summed E-state index contributed by atoms with van der Waals surface area (Å²) in [7, 11) is 0.301. The highest BCUT2D eigenvalue weighted by Gasteiger charge is 2.38. The first-order valence-electron chi connectivity index (χ1n) is 14.6. The van der Waals surface area contributed by atoms with Crippen LogP contribution in [0.25, 0.3) is 10.8 Å². The first kappa shape index (κ1) is 31.8. The minimum atomic E-state index is -3.40. The molecule has 13 heteroatoms. The van der Waals surface area contributed by atoms with E-state index in [0.717, 1.165) is 10.9 Å². The Morgan fingerprint density at radius 2 is 1.73 bits per heavy atom. The van der Waals surface area contributed by atoms with Gasteiger partial charge in [0.15, 0.2) is 23.9 Å². The van der Waals surface area contributed by atoms with E-state index in [2.05, 4.69) is 15.6 Å². The van der Waals surface area contributed by atoms with E-state index in [1.807, 2.05) is 26.8 Å². The molecule has 0 spiro atoms. The van der Waals surface area contributed by atoms with Gasteiger partial charge in [0.2, 0.25) is 0 Å². The highest BCUT2D eigenvalue weighted by Crippen LogP contribution is 2.36. The standard InChI is InChI=1S/C32H35BN4O7S/c1-19(18-44-32(41)36-24-9-12-28(23(15-24)17-37(2)33)45(42,43)26-10-11-26)20-3-5-22(6-4-20)29(31(39)40)35-25-8-7-21-13-14-34-30(38)27(21)16-25/h3-9,12-16,19,26,29,35H,10-11,17-18,33H2,1-2H3,(H,34,38)(H,36,41)(H,39,40)/t19-,29?/m0/s1. The number of nitrogens with one attached hydrogen (secondary N) is 3. The van der Waals surface area contributed by atoms with Crippen molar-refractivity contribution in [2.75, 3.05) is 24.3 Å². The van der Waals surface area contributed by atoms with Crippen LogP contribution in [0.3, 0.4) is 0 Å². The third kappa shape index (κ3) is 7.55. The fraction of sp³-hybridized carbons (Fsp3) is 0.281. The molecule has 4 aromatic rings. The van der Waals surface area contributed by atoms with Crippen molar-refractivity contribution in [2.24, 2.45) is 0 Å². The van der Waals surface area contributed by atoms with Crippen molar-refractivity contribution in [3.8, 4) is 0 Å². The number of ether oxygens (including phenoxy) is 1. The number of carbonyl (C=O) groups excluding carboxylic acids is 1. The van der Waals surface area contributed by atoms with Gasteiger partial charge in [0.25, 0.3) is 5.56 Å². The fourth-order valence-corrected chi connectivity index (χ4v) is 7.01. The molecule has 1 fully saturated rings. The molecule has 1 aromatic heterocycles. The van der Waals surface area contributed by atoms with Crippen LogP contribution in [0.1, 0.15) is 48.4 Å². The van der Waals surface area contributed by atoms with Crippen LogP contribution in [0.15, 0.2) is 82.6 Å². The molecule has 1 aliphatic rings. The molecule has 2 atom stereocenters. The van der Waals surface area contributed by atoms with Gasteiger partial charge in [0.05, 0.1) is 16.8 Å². The number of nitrogens with zero attached hydrogens (tertiary/aromatic N) is 1. The number of carboxylic acids is 1. The summed E-state index contributed by atoms with van der Waals surface area (Å²) in [5, 5.41) is 16.5. The van der Waals surface area contributed by atoms with Crippen molar-refractivity contribution < 1.29 is 27.9 Å². The predicted octanol–water partition coefficient (Wildman–Crippen LogP) is 4.03. The van der Waals surface area contributed by atoms with Crippen LogP contribution < -0.4 is 16.2 Å². The Hall–Kier alpha value is -4.62. The summed E-state index contributed by atoms with van der Waals surface area (Å²) in [6, 6.07) is 17.6. The number of aliphatic carboxylic acids is 1. The Bertz CT molecular complexity index is 1890. The quantitative estimate of drug-likeness (QED) is 0.170. The Morgan fingerprint density at radius 1 is 1.04 bits per heavy atom. The molecule has 45 heavy (non-hydrogen) atoms. The van der Waals surface area contributed by atoms with E-state index in [1.54, 1.807) is 72.9 Å². The number of hydrogen-bond acceptors (Lipinski definition) is 8. The number of rotatable bonds is 12. The summed E-state index contributed by atoms with van der Waals surface area (Å²) in [4.78, 5) is 41.7. The van der Waals surface area contributed by atoms with Crippen LogP contribution in [0.2, 0.25) is 0 Å². The molecule has 0 saturated heterocycles. The van der Waals surface area contributed by atoms with E-state index >= 15 is 0 Å². The van der Waals surface area contributed by atoms with Crippen LogP contribution in [0.4, 0.5) is 16.2 Å². The number of fused-ring (bicyclic) bond motifs is 1. The zero-order valence-corrected chi connectivity index (χ0v) is 26.1. The molecule has 0 bridgehead atoms. The molecule has 1 aliphatic carbocycles. The van der Waals surface area contributed by atoms with Gasteiger partial charge in [-0.2, -0.15) is 0 Å². The molecule has 1 amide bonds. The van der Waals surface area contributed by atoms with Crippen molar-refractivity contribution in [3.05, 3.63) is 100.0 Å². The third-order valence-electron chi connectivity index (χ3n) is 7.70. The number of pyridine rings is 1. The number of aromatic nitrogens is 1. The zero-order valence-electron chi connectivity index (χ0n) is 25.2. The Balaban J connectivity index is 1.20. The molecule has 234 valence electrons. The van der Waals surface area contributed by atoms with E-state index in [4.69, 9.17) is 4.74 Å². The van der Waals surface area contributed by atoms with Gasteiger partial charge in [-0.3, -0.25) is 10.1 Å². The number of hydrogen-bond donors (Lipinski definition) is 4. The average Bonchev–Trinajstić information content (AvgIpc) is 3.85. The fourth-order valence-electron chi connectivity index (χ4n) is 5.15. The SMILES string of the molecule is BN(C)Cc1cc(NC(=O)OC[C@H](C)c2ccc(C(Nc3ccc4cc[nH]c(=O)c4c3)C(=O)O)cc2)ccc1S(=O)(=O)C1CC1. The number of H-pyrrole nitrogens is 1. The van der Waals surface area contributed by atoms with Gasteiger partial charge in [0.1, 0.15) is 0 Å². The molecule has 1 saturated carbocycles. The van der Waals surface area contributed by atoms with E-state index in [1.165, 1.54) is 0 Å². The lowest BCUT2D eigenvalue weighted by Gasteiger charge is -2.18. The van der Waals surface area contributed by atoms with Gasteiger partial charge >= 0.3 is 12.1 Å². The van der Waals surface area contributed by atoms with E-state index in [-0.39, 0.29) is 23.3 Å². The smallest absolute Gasteiger partial charge is 0.411 e. The highest BCUT2D eigenvalue weighted by atomic mass is 32.2. The summed E-state index contributed by atoms with van der Waals surface area (Å²) >= 11 is 0. The van der Waals surface area contributed by atoms with Gasteiger partial charge in [0, 0.05) is 35.4 Å². The maximum Gasteiger partial charge on any atom is 0.411 e. The highest BCUT2D eigenvalue weighted by molar-refractivity contribution is 7.92. The van der Waals surface area contributed by atoms with Gasteiger partial charge in [-0.15, -0.1) is 0 Å². The molecule has 0 aliphatic heterocycles. The first-order chi connectivity index (χ1) is 21.4. The lowest BCUT2D eigenvalue weighted by Crippen LogP contribution is -2.21. The van der Waals surface area contributed by atoms with E-state index in [9.17, 15) is 27.9 Å². The Morgan fingerprint density at radius 3 is 2.40 bits per heavy atom. The summed E-state index contributed by atoms with van der Waals surface area (Å²) in [5.74, 6) is -1.27. The number of anilines is 2. The van der Waals surface area contributed by atoms with E-state index in [0.29, 0.717) is 52.2 Å². The molecule has 5 rings (SSSR count). The van der Waals surface area contributed by atoms with Gasteiger partial charge in [-0.05, 0) is 78.4 Å². The van der Waals surface area contributed by atoms with Gasteiger partial charge in [-0.25, -0.2) is 18.0 Å². The van der Waals surface area contributed by atoms with Crippen LogP contribution >= 0.6 is 0 Å². The maximum atomic E-state index is 12.9. The molecule has 1 unspecified atom stereocenters. The second-order valence-corrected chi connectivity index (χ2v) is 13.8. The summed E-state index contributed by atoms with van der Waals surface area (Å²) in [6.45, 7) is 2.35. The first-order valence-corrected chi connectivity index (χ1v) is 16.1. The predicted molar refractivity (Wildman–Crippen MR) is 175 cm³/mol. The van der Waals surface area contributed by atoms with Crippen LogP contribution in [-0.4, -0.2) is 62.3 Å². The van der Waals surface area contributed by atoms with Crippen molar-refractivity contribution in [2.45, 2.75) is 48.4 Å². The number of aromatic amines is 1. The molecule has 11 nitrogen and oxygen atoms in total. The number of benzene rings is 3. The largest absolute Gasteiger partial charge is 0.479 e. The summed E-state index contributed by atoms with van der Waals surface area (Å²) in [5.41, 5.74) is 2.64. The van der Waals surface area contributed by atoms with Gasteiger partial charge < -0.3 is 25.0 Å². The number of carboxylic acid groups (broad SMARTS) is 1. The van der Waals surface area contributed by atoms with Crippen LogP contribution in [0.5, 0.6) is 0 Å². The molecular formula is C32H35BN4O7S. The minimum Gasteiger partial charge on any atom is -0.479 e. The number of sulfone groups is 1. The van der Waals surface area contributed by atoms with Crippen LogP contribution in [0, 0.1) is 0 Å². The lowest BCUT2D eigenvalue weighted by atomic mass is 9.98.